The van der Waals surface area contributed by atoms with Gasteiger partial charge in [0, 0.05) is 5.56 Å². The van der Waals surface area contributed by atoms with E-state index >= 15 is 0 Å². The molecular formula is C13H9N3O3S. The van der Waals surface area contributed by atoms with E-state index in [0.717, 1.165) is 5.01 Å². The van der Waals surface area contributed by atoms with E-state index in [1.165, 1.54) is 0 Å². The van der Waals surface area contributed by atoms with E-state index < -0.39 is 11.8 Å². The quantitative estimate of drug-likeness (QED) is 0.614. The van der Waals surface area contributed by atoms with Crippen LogP contribution in [0.2, 0.25) is 0 Å². The fourth-order valence-corrected chi connectivity index (χ4v) is 2.41. The van der Waals surface area contributed by atoms with Gasteiger partial charge in [0.15, 0.2) is 5.71 Å². The highest BCUT2D eigenvalue weighted by molar-refractivity contribution is 7.80. The highest BCUT2D eigenvalue weighted by Gasteiger charge is 2.32. The lowest BCUT2D eigenvalue weighted by Gasteiger charge is -2.22. The number of nitrogens with zero attached hydrogens (tertiary/aromatic N) is 2. The van der Waals surface area contributed by atoms with Gasteiger partial charge in [-0.3, -0.25) is 14.4 Å². The fourth-order valence-electron chi connectivity index (χ4n) is 2.10. The summed E-state index contributed by atoms with van der Waals surface area (Å²) in [6.45, 7) is 0. The number of piperidine rings is 1. The zero-order valence-corrected chi connectivity index (χ0v) is 11.1. The Labute approximate surface area is 119 Å². The number of anilines is 1. The first-order chi connectivity index (χ1) is 9.56. The van der Waals surface area contributed by atoms with Gasteiger partial charge in [-0.2, -0.15) is 10.1 Å². The highest BCUT2D eigenvalue weighted by atomic mass is 32.1. The Bertz CT molecular complexity index is 676. The smallest absolute Gasteiger partial charge is 0.276 e. The summed E-state index contributed by atoms with van der Waals surface area (Å²) in [7, 11) is 0. The summed E-state index contributed by atoms with van der Waals surface area (Å²) in [6.07, 6.45) is -0.235. The lowest BCUT2D eigenvalue weighted by Crippen LogP contribution is -2.40. The van der Waals surface area contributed by atoms with Crippen LogP contribution in [0.3, 0.4) is 0 Å². The molecule has 2 aliphatic rings. The van der Waals surface area contributed by atoms with Crippen LogP contribution in [0.1, 0.15) is 18.4 Å². The predicted molar refractivity (Wildman–Crippen MR) is 75.3 cm³/mol. The molecule has 0 aromatic heterocycles. The second-order valence-electron chi connectivity index (χ2n) is 4.44. The maximum Gasteiger partial charge on any atom is 0.276 e. The van der Waals surface area contributed by atoms with Crippen molar-refractivity contribution in [2.45, 2.75) is 12.8 Å². The van der Waals surface area contributed by atoms with Gasteiger partial charge in [-0.15, -0.1) is 0 Å². The van der Waals surface area contributed by atoms with Gasteiger partial charge in [-0.25, -0.2) is 0 Å². The lowest BCUT2D eigenvalue weighted by atomic mass is 10.1. The molecule has 1 saturated heterocycles. The van der Waals surface area contributed by atoms with Crippen molar-refractivity contribution in [2.24, 2.45) is 5.10 Å². The molecule has 0 saturated carbocycles. The number of carbonyl (C=O) groups is 3. The second-order valence-corrected chi connectivity index (χ2v) is 4.91. The number of benzene rings is 1. The van der Waals surface area contributed by atoms with Gasteiger partial charge in [-0.1, -0.05) is 30.4 Å². The van der Waals surface area contributed by atoms with Crippen molar-refractivity contribution in [2.75, 3.05) is 5.32 Å². The number of thiocarbonyl (C=S) groups is 1. The molecule has 1 aromatic rings. The lowest BCUT2D eigenvalue weighted by molar-refractivity contribution is -0.133. The van der Waals surface area contributed by atoms with Crippen LogP contribution in [0.15, 0.2) is 29.4 Å². The fraction of sp³-hybridized carbons (Fsp3) is 0.154. The van der Waals surface area contributed by atoms with Gasteiger partial charge in [-0.05, 0) is 6.07 Å². The molecular weight excluding hydrogens is 278 g/mol. The molecule has 2 amide bonds. The number of rotatable bonds is 1. The Morgan fingerprint density at radius 1 is 1.15 bits per heavy atom. The number of hydrazone groups is 1. The molecule has 0 unspecified atom stereocenters. The first-order valence-corrected chi connectivity index (χ1v) is 6.34. The van der Waals surface area contributed by atoms with Gasteiger partial charge in [0.1, 0.15) is 10.8 Å². The van der Waals surface area contributed by atoms with Crippen LogP contribution < -0.4 is 5.32 Å². The number of amides is 2. The number of Topliss-reactive ketones (excluding diaryl/α,β-unsaturated/α-hetero) is 1. The average molecular weight is 287 g/mol. The van der Waals surface area contributed by atoms with E-state index in [9.17, 15) is 14.4 Å². The van der Waals surface area contributed by atoms with Gasteiger partial charge in [0.25, 0.3) is 11.8 Å². The van der Waals surface area contributed by atoms with E-state index in [4.69, 9.17) is 12.2 Å². The first kappa shape index (κ1) is 12.6. The molecule has 0 radical (unpaired) electrons. The first-order valence-electron chi connectivity index (χ1n) is 5.93. The third-order valence-corrected chi connectivity index (χ3v) is 3.33. The van der Waals surface area contributed by atoms with Gasteiger partial charge in [0.2, 0.25) is 0 Å². The molecule has 2 heterocycles. The zero-order chi connectivity index (χ0) is 14.3. The standard InChI is InChI=1S/C13H9N3O3S/c17-7-5-10(18)16(11(20)6-7)15-12-8-3-1-2-4-9(8)14-13(12)19/h1-4H,5-6H2,(H,14,15,19). The predicted octanol–water partition coefficient (Wildman–Crippen LogP) is 0.862. The number of hydrogen-bond donors (Lipinski definition) is 1. The van der Waals surface area contributed by atoms with E-state index in [1.54, 1.807) is 24.3 Å². The topological polar surface area (TPSA) is 78.8 Å². The third kappa shape index (κ3) is 2.01. The van der Waals surface area contributed by atoms with Crippen molar-refractivity contribution < 1.29 is 14.4 Å². The van der Waals surface area contributed by atoms with Crippen LogP contribution in [0, 0.1) is 0 Å². The molecule has 1 aromatic carbocycles. The summed E-state index contributed by atoms with van der Waals surface area (Å²) in [5, 5.41) is 7.69. The molecule has 2 aliphatic heterocycles. The minimum absolute atomic E-state index is 0.00111. The third-order valence-electron chi connectivity index (χ3n) is 3.01. The highest BCUT2D eigenvalue weighted by Crippen LogP contribution is 2.24. The molecule has 6 nitrogen and oxygen atoms in total. The molecule has 0 spiro atoms. The van der Waals surface area contributed by atoms with Crippen LogP contribution in [0.4, 0.5) is 5.69 Å². The van der Waals surface area contributed by atoms with E-state index in [2.05, 4.69) is 10.4 Å². The van der Waals surface area contributed by atoms with Crippen LogP contribution >= 0.6 is 12.2 Å². The van der Waals surface area contributed by atoms with E-state index in [1.807, 2.05) is 0 Å². The Balaban J connectivity index is 2.00. The van der Waals surface area contributed by atoms with Crippen molar-refractivity contribution in [1.29, 1.82) is 0 Å². The average Bonchev–Trinajstić information content (AvgIpc) is 2.69. The van der Waals surface area contributed by atoms with Crippen molar-refractivity contribution in [3.05, 3.63) is 29.8 Å². The van der Waals surface area contributed by atoms with Crippen molar-refractivity contribution in [1.82, 2.24) is 5.01 Å². The minimum atomic E-state index is -0.504. The second kappa shape index (κ2) is 4.61. The maximum atomic E-state index is 11.9. The summed E-state index contributed by atoms with van der Waals surface area (Å²) in [4.78, 5) is 35.1. The number of para-hydroxylation sites is 1. The van der Waals surface area contributed by atoms with Crippen molar-refractivity contribution >= 4 is 46.2 Å². The molecule has 0 aliphatic carbocycles. The SMILES string of the molecule is O=C1CC(=O)N(N=C2C(=O)Nc3ccccc32)C(=S)C1. The Morgan fingerprint density at radius 2 is 1.90 bits per heavy atom. The van der Waals surface area contributed by atoms with Gasteiger partial charge in [0.05, 0.1) is 18.5 Å². The number of hydrogen-bond acceptors (Lipinski definition) is 5. The number of nitrogens with one attached hydrogen (secondary N) is 1. The molecule has 0 atom stereocenters. The van der Waals surface area contributed by atoms with Crippen LogP contribution in [0.25, 0.3) is 0 Å². The van der Waals surface area contributed by atoms with Crippen molar-refractivity contribution in [3.63, 3.8) is 0 Å². The van der Waals surface area contributed by atoms with E-state index in [0.29, 0.717) is 11.3 Å². The molecule has 1 N–H and O–H groups in total. The minimum Gasteiger partial charge on any atom is -0.320 e. The summed E-state index contributed by atoms with van der Waals surface area (Å²) in [6, 6.07) is 7.04. The van der Waals surface area contributed by atoms with Gasteiger partial charge >= 0.3 is 0 Å². The molecule has 20 heavy (non-hydrogen) atoms. The number of carbonyl (C=O) groups excluding carboxylic acids is 3. The van der Waals surface area contributed by atoms with Crippen LogP contribution in [0.5, 0.6) is 0 Å². The summed E-state index contributed by atoms with van der Waals surface area (Å²) < 4.78 is 0. The summed E-state index contributed by atoms with van der Waals surface area (Å²) >= 11 is 5.00. The summed E-state index contributed by atoms with van der Waals surface area (Å²) in [5.41, 5.74) is 1.39. The molecule has 7 heteroatoms. The normalized spacial score (nSPS) is 20.4. The Morgan fingerprint density at radius 3 is 2.65 bits per heavy atom. The molecule has 1 fully saturated rings. The summed E-state index contributed by atoms with van der Waals surface area (Å²) in [5.74, 6) is -1.12. The molecule has 0 bridgehead atoms. The molecule has 100 valence electrons. The Kier molecular flexibility index (Phi) is 2.90. The largest absolute Gasteiger partial charge is 0.320 e. The Hall–Kier alpha value is -2.41. The van der Waals surface area contributed by atoms with Crippen LogP contribution in [-0.4, -0.2) is 33.3 Å². The monoisotopic (exact) mass is 287 g/mol. The number of ketones is 1. The maximum absolute atomic E-state index is 11.9. The van der Waals surface area contributed by atoms with Crippen LogP contribution in [-0.2, 0) is 14.4 Å². The zero-order valence-electron chi connectivity index (χ0n) is 10.3. The number of fused-ring (bicyclic) bond motifs is 1. The van der Waals surface area contributed by atoms with Crippen molar-refractivity contribution in [3.8, 4) is 0 Å². The van der Waals surface area contributed by atoms with Gasteiger partial charge < -0.3 is 5.32 Å². The van der Waals surface area contributed by atoms with E-state index in [-0.39, 0.29) is 29.3 Å². The molecule has 3 rings (SSSR count).